The second-order valence-corrected chi connectivity index (χ2v) is 6.97. The van der Waals surface area contributed by atoms with Crippen molar-refractivity contribution in [3.8, 4) is 0 Å². The summed E-state index contributed by atoms with van der Waals surface area (Å²) < 4.78 is 41.4. The molecule has 1 N–H and O–H groups in total. The normalized spacial score (nSPS) is 19.5. The summed E-state index contributed by atoms with van der Waals surface area (Å²) in [4.78, 5) is 11.7. The van der Waals surface area contributed by atoms with Crippen molar-refractivity contribution in [1.29, 1.82) is 0 Å². The molecule has 0 aliphatic carbocycles. The van der Waals surface area contributed by atoms with Crippen molar-refractivity contribution in [3.63, 3.8) is 0 Å². The van der Waals surface area contributed by atoms with Gasteiger partial charge in [0.2, 0.25) is 5.91 Å². The number of fused-ring (bicyclic) bond motifs is 1. The van der Waals surface area contributed by atoms with Crippen molar-refractivity contribution in [2.75, 3.05) is 0 Å². The van der Waals surface area contributed by atoms with Crippen LogP contribution in [0.25, 0.3) is 10.8 Å². The van der Waals surface area contributed by atoms with E-state index in [2.05, 4.69) is 5.43 Å². The van der Waals surface area contributed by atoms with Gasteiger partial charge in [0.05, 0.1) is 0 Å². The molecule has 0 bridgehead atoms. The smallest absolute Gasteiger partial charge is 0.287 e. The number of nitrogens with zero attached hydrogens (tertiary/aromatic N) is 1. The topological polar surface area (TPSA) is 32.3 Å². The molecule has 1 aliphatic heterocycles. The van der Waals surface area contributed by atoms with Gasteiger partial charge in [0.15, 0.2) is 6.04 Å². The lowest BCUT2D eigenvalue weighted by molar-refractivity contribution is -0.203. The highest BCUT2D eigenvalue weighted by atomic mass is 35.5. The first-order valence-corrected chi connectivity index (χ1v) is 7.81. The fourth-order valence-corrected chi connectivity index (χ4v) is 3.38. The summed E-state index contributed by atoms with van der Waals surface area (Å²) in [5, 5.41) is 2.80. The molecular formula is C17H16ClF3N2O. The molecule has 0 radical (unpaired) electrons. The number of nitrogens with one attached hydrogen (secondary N) is 1. The highest BCUT2D eigenvalue weighted by Crippen LogP contribution is 2.43. The summed E-state index contributed by atoms with van der Waals surface area (Å²) in [6.45, 7) is 3.23. The van der Waals surface area contributed by atoms with Crippen molar-refractivity contribution in [2.45, 2.75) is 38.0 Å². The Kier molecular flexibility index (Phi) is 4.00. The maximum Gasteiger partial charge on any atom is 0.409 e. The standard InChI is InChI=1S/C17H16ClF3N2O/c1-16(2)9-14(24)22-23(16)15(17(19,20)21)11-6-7-12-10(8-11)4-3-5-13(12)18/h3-8,15H,9H2,1-2H3,(H,22,24)/t15-/m0/s1. The van der Waals surface area contributed by atoms with Crippen LogP contribution in [0.4, 0.5) is 13.2 Å². The Labute approximate surface area is 142 Å². The maximum atomic E-state index is 13.8. The zero-order valence-electron chi connectivity index (χ0n) is 13.1. The highest BCUT2D eigenvalue weighted by Gasteiger charge is 2.52. The summed E-state index contributed by atoms with van der Waals surface area (Å²) in [6.07, 6.45) is -4.53. The number of carbonyl (C=O) groups excluding carboxylic acids is 1. The van der Waals surface area contributed by atoms with Crippen molar-refractivity contribution in [2.24, 2.45) is 0 Å². The Hall–Kier alpha value is -1.79. The van der Waals surface area contributed by atoms with Gasteiger partial charge in [0.1, 0.15) is 0 Å². The largest absolute Gasteiger partial charge is 0.409 e. The van der Waals surface area contributed by atoms with Crippen LogP contribution in [0.5, 0.6) is 0 Å². The van der Waals surface area contributed by atoms with E-state index < -0.39 is 23.7 Å². The first kappa shape index (κ1) is 17.0. The van der Waals surface area contributed by atoms with Crippen LogP contribution in [0.1, 0.15) is 31.9 Å². The number of hydrogen-bond donors (Lipinski definition) is 1. The Morgan fingerprint density at radius 1 is 1.25 bits per heavy atom. The zero-order chi connectivity index (χ0) is 17.7. The van der Waals surface area contributed by atoms with Crippen LogP contribution < -0.4 is 5.43 Å². The van der Waals surface area contributed by atoms with Gasteiger partial charge in [-0.2, -0.15) is 18.2 Å². The minimum Gasteiger partial charge on any atom is -0.287 e. The predicted octanol–water partition coefficient (Wildman–Crippen LogP) is 4.61. The molecule has 1 heterocycles. The lowest BCUT2D eigenvalue weighted by Crippen LogP contribution is -2.51. The van der Waals surface area contributed by atoms with Gasteiger partial charge in [0.25, 0.3) is 0 Å². The highest BCUT2D eigenvalue weighted by molar-refractivity contribution is 6.35. The maximum absolute atomic E-state index is 13.8. The Morgan fingerprint density at radius 2 is 1.96 bits per heavy atom. The lowest BCUT2D eigenvalue weighted by Gasteiger charge is -2.38. The van der Waals surface area contributed by atoms with E-state index in [1.165, 1.54) is 12.1 Å². The molecule has 0 aromatic heterocycles. The molecule has 128 valence electrons. The van der Waals surface area contributed by atoms with Gasteiger partial charge in [-0.05, 0) is 36.9 Å². The summed E-state index contributed by atoms with van der Waals surface area (Å²) in [7, 11) is 0. The van der Waals surface area contributed by atoms with Crippen LogP contribution in [0.15, 0.2) is 36.4 Å². The second kappa shape index (κ2) is 5.63. The van der Waals surface area contributed by atoms with Gasteiger partial charge in [-0.15, -0.1) is 0 Å². The Balaban J connectivity index is 2.12. The minimum absolute atomic E-state index is 0.0129. The van der Waals surface area contributed by atoms with Crippen molar-refractivity contribution < 1.29 is 18.0 Å². The number of hydrazine groups is 1. The van der Waals surface area contributed by atoms with Gasteiger partial charge in [-0.25, -0.2) is 0 Å². The lowest BCUT2D eigenvalue weighted by atomic mass is 9.95. The molecule has 1 fully saturated rings. The number of amides is 1. The molecule has 2 aromatic carbocycles. The third kappa shape index (κ3) is 2.96. The number of halogens is 4. The molecule has 0 unspecified atom stereocenters. The molecular weight excluding hydrogens is 341 g/mol. The first-order valence-electron chi connectivity index (χ1n) is 7.43. The molecule has 1 saturated heterocycles. The van der Waals surface area contributed by atoms with E-state index in [-0.39, 0.29) is 12.0 Å². The Morgan fingerprint density at radius 3 is 2.54 bits per heavy atom. The predicted molar refractivity (Wildman–Crippen MR) is 86.4 cm³/mol. The fourth-order valence-electron chi connectivity index (χ4n) is 3.13. The van der Waals surface area contributed by atoms with Gasteiger partial charge in [-0.1, -0.05) is 35.9 Å². The molecule has 24 heavy (non-hydrogen) atoms. The number of hydrogen-bond acceptors (Lipinski definition) is 2. The monoisotopic (exact) mass is 356 g/mol. The molecule has 0 saturated carbocycles. The second-order valence-electron chi connectivity index (χ2n) is 6.56. The molecule has 3 nitrogen and oxygen atoms in total. The molecule has 1 amide bonds. The van der Waals surface area contributed by atoms with Crippen LogP contribution in [-0.2, 0) is 4.79 Å². The third-order valence-corrected chi connectivity index (χ3v) is 4.56. The van der Waals surface area contributed by atoms with Crippen LogP contribution in [-0.4, -0.2) is 22.6 Å². The Bertz CT molecular complexity index is 804. The summed E-state index contributed by atoms with van der Waals surface area (Å²) >= 11 is 6.08. The molecule has 2 aromatic rings. The van der Waals surface area contributed by atoms with Crippen LogP contribution in [0, 0.1) is 0 Å². The molecule has 1 atom stereocenters. The number of carbonyl (C=O) groups is 1. The van der Waals surface area contributed by atoms with Crippen LogP contribution in [0.3, 0.4) is 0 Å². The average molecular weight is 357 g/mol. The number of alkyl halides is 3. The first-order chi connectivity index (χ1) is 11.1. The molecule has 1 aliphatic rings. The van der Waals surface area contributed by atoms with E-state index in [0.717, 1.165) is 5.01 Å². The third-order valence-electron chi connectivity index (χ3n) is 4.23. The van der Waals surface area contributed by atoms with Gasteiger partial charge < -0.3 is 0 Å². The van der Waals surface area contributed by atoms with Crippen LogP contribution in [0.2, 0.25) is 5.02 Å². The number of benzene rings is 2. The molecule has 7 heteroatoms. The fraction of sp³-hybridized carbons (Fsp3) is 0.353. The van der Waals surface area contributed by atoms with Crippen molar-refractivity contribution >= 4 is 28.3 Å². The van der Waals surface area contributed by atoms with E-state index in [1.807, 2.05) is 0 Å². The van der Waals surface area contributed by atoms with Gasteiger partial charge in [-0.3, -0.25) is 10.2 Å². The number of rotatable bonds is 2. The van der Waals surface area contributed by atoms with Gasteiger partial charge in [0, 0.05) is 22.4 Å². The quantitative estimate of drug-likeness (QED) is 0.852. The van der Waals surface area contributed by atoms with Crippen LogP contribution >= 0.6 is 11.6 Å². The molecule has 0 spiro atoms. The minimum atomic E-state index is -4.54. The average Bonchev–Trinajstić information content (AvgIpc) is 2.70. The van der Waals surface area contributed by atoms with E-state index in [9.17, 15) is 18.0 Å². The SMILES string of the molecule is CC1(C)CC(=O)NN1[C@@H](c1ccc2c(Cl)cccc2c1)C(F)(F)F. The summed E-state index contributed by atoms with van der Waals surface area (Å²) in [5.41, 5.74) is 1.48. The van der Waals surface area contributed by atoms with E-state index in [0.29, 0.717) is 15.8 Å². The van der Waals surface area contributed by atoms with E-state index >= 15 is 0 Å². The zero-order valence-corrected chi connectivity index (χ0v) is 13.9. The van der Waals surface area contributed by atoms with E-state index in [4.69, 9.17) is 11.6 Å². The molecule has 3 rings (SSSR count). The van der Waals surface area contributed by atoms with Crippen molar-refractivity contribution in [1.82, 2.24) is 10.4 Å². The summed E-state index contributed by atoms with van der Waals surface area (Å²) in [6, 6.07) is 7.63. The van der Waals surface area contributed by atoms with Crippen molar-refractivity contribution in [3.05, 3.63) is 47.0 Å². The van der Waals surface area contributed by atoms with Gasteiger partial charge >= 0.3 is 6.18 Å². The summed E-state index contributed by atoms with van der Waals surface area (Å²) in [5.74, 6) is -0.418. The van der Waals surface area contributed by atoms with E-state index in [1.54, 1.807) is 38.1 Å².